The number of benzene rings is 2. The van der Waals surface area contributed by atoms with Gasteiger partial charge in [-0.1, -0.05) is 6.07 Å². The van der Waals surface area contributed by atoms with Crippen molar-refractivity contribution >= 4 is 39.2 Å². The quantitative estimate of drug-likeness (QED) is 0.316. The number of sulfonamides is 1. The first-order chi connectivity index (χ1) is 19.9. The van der Waals surface area contributed by atoms with Gasteiger partial charge in [0.2, 0.25) is 21.9 Å². The van der Waals surface area contributed by atoms with Gasteiger partial charge in [0.15, 0.2) is 0 Å². The summed E-state index contributed by atoms with van der Waals surface area (Å²) >= 11 is 0. The fourth-order valence-electron chi connectivity index (χ4n) is 4.61. The Hall–Kier alpha value is -4.20. The van der Waals surface area contributed by atoms with Gasteiger partial charge in [0, 0.05) is 48.8 Å². The number of imidazole rings is 1. The lowest BCUT2D eigenvalue weighted by Gasteiger charge is -2.31. The van der Waals surface area contributed by atoms with Crippen molar-refractivity contribution in [3.8, 4) is 22.7 Å². The third-order valence-electron chi connectivity index (χ3n) is 7.09. The minimum absolute atomic E-state index is 0.00625. The summed E-state index contributed by atoms with van der Waals surface area (Å²) in [7, 11) is -0.909. The molecule has 1 fully saturated rings. The molecule has 0 saturated carbocycles. The van der Waals surface area contributed by atoms with Crippen LogP contribution in [0.2, 0.25) is 0 Å². The van der Waals surface area contributed by atoms with Gasteiger partial charge in [-0.3, -0.25) is 9.36 Å². The van der Waals surface area contributed by atoms with Gasteiger partial charge in [-0.05, 0) is 68.8 Å². The molecule has 12 nitrogen and oxygen atoms in total. The van der Waals surface area contributed by atoms with Crippen LogP contribution in [0.15, 0.2) is 59.6 Å². The number of pyridine rings is 1. The number of carboxylic acid groups (broad SMARTS) is 1. The minimum Gasteiger partial charge on any atom is -0.483 e. The second-order valence-electron chi connectivity index (χ2n) is 10.6. The molecule has 0 atom stereocenters. The van der Waals surface area contributed by atoms with E-state index >= 15 is 0 Å². The smallest absolute Gasteiger partial charge is 0.290 e. The molecule has 0 bridgehead atoms. The first-order valence-electron chi connectivity index (χ1n) is 13.2. The Balaban J connectivity index is 0.00000129. The van der Waals surface area contributed by atoms with Crippen molar-refractivity contribution in [3.05, 3.63) is 54.7 Å². The first-order valence-corrected chi connectivity index (χ1v) is 14.7. The highest BCUT2D eigenvalue weighted by Crippen LogP contribution is 2.34. The Morgan fingerprint density at radius 3 is 2.26 bits per heavy atom. The van der Waals surface area contributed by atoms with Crippen molar-refractivity contribution in [2.45, 2.75) is 31.2 Å². The van der Waals surface area contributed by atoms with Gasteiger partial charge in [-0.2, -0.15) is 4.31 Å². The lowest BCUT2D eigenvalue weighted by atomic mass is 10.1. The molecule has 4 aromatic rings. The number of aromatic nitrogens is 3. The van der Waals surface area contributed by atoms with Crippen LogP contribution in [0.3, 0.4) is 0 Å². The molecule has 0 aliphatic carbocycles. The summed E-state index contributed by atoms with van der Waals surface area (Å²) in [6.07, 6.45) is 1.61. The summed E-state index contributed by atoms with van der Waals surface area (Å²) < 4.78 is 41.0. The molecule has 1 aliphatic rings. The Morgan fingerprint density at radius 1 is 1.05 bits per heavy atom. The SMILES string of the molecule is COc1ncc(-c2ccc3nc(N)n(-c4ccc(N5CCOCC5)cc4)c3c2)cc1S(=O)(=O)N(C)C(C)(C)C.O=CO. The number of methoxy groups -OCH3 is 1. The second kappa shape index (κ2) is 12.3. The fraction of sp³-hybridized carbons (Fsp3) is 0.345. The van der Waals surface area contributed by atoms with E-state index < -0.39 is 15.6 Å². The molecule has 2 aromatic heterocycles. The van der Waals surface area contributed by atoms with Gasteiger partial charge < -0.3 is 25.2 Å². The molecule has 1 saturated heterocycles. The summed E-state index contributed by atoms with van der Waals surface area (Å²) in [6, 6.07) is 15.5. The van der Waals surface area contributed by atoms with Crippen LogP contribution in [0.25, 0.3) is 27.8 Å². The van der Waals surface area contributed by atoms with Crippen LogP contribution in [0.4, 0.5) is 11.6 Å². The van der Waals surface area contributed by atoms with Gasteiger partial charge in [-0.25, -0.2) is 18.4 Å². The predicted octanol–water partition coefficient (Wildman–Crippen LogP) is 3.63. The van der Waals surface area contributed by atoms with Gasteiger partial charge in [0.25, 0.3) is 6.47 Å². The zero-order valence-corrected chi connectivity index (χ0v) is 25.1. The molecule has 42 heavy (non-hydrogen) atoms. The first kappa shape index (κ1) is 30.8. The molecule has 0 unspecified atom stereocenters. The van der Waals surface area contributed by atoms with Crippen molar-refractivity contribution in [2.24, 2.45) is 0 Å². The number of rotatable bonds is 6. The van der Waals surface area contributed by atoms with Crippen molar-refractivity contribution in [1.29, 1.82) is 0 Å². The van der Waals surface area contributed by atoms with E-state index in [0.717, 1.165) is 54.3 Å². The highest BCUT2D eigenvalue weighted by molar-refractivity contribution is 7.89. The van der Waals surface area contributed by atoms with Crippen LogP contribution in [0, 0.1) is 0 Å². The number of ether oxygens (including phenoxy) is 2. The van der Waals surface area contributed by atoms with E-state index in [9.17, 15) is 8.42 Å². The zero-order chi connectivity index (χ0) is 30.7. The van der Waals surface area contributed by atoms with E-state index in [0.29, 0.717) is 11.5 Å². The molecule has 1 aliphatic heterocycles. The van der Waals surface area contributed by atoms with E-state index in [1.165, 1.54) is 11.4 Å². The maximum atomic E-state index is 13.5. The van der Waals surface area contributed by atoms with Gasteiger partial charge >= 0.3 is 0 Å². The molecular weight excluding hydrogens is 560 g/mol. The predicted molar refractivity (Wildman–Crippen MR) is 162 cm³/mol. The van der Waals surface area contributed by atoms with Gasteiger partial charge in [0.1, 0.15) is 4.90 Å². The van der Waals surface area contributed by atoms with E-state index in [2.05, 4.69) is 27.0 Å². The summed E-state index contributed by atoms with van der Waals surface area (Å²) in [4.78, 5) is 19.5. The molecular formula is C29H36N6O6S. The standard InChI is InChI=1S/C28H34N6O4S.CH2O2/c1-28(2,3)32(4)39(35,36)25-17-20(18-30-26(25)37-5)19-6-11-23-24(16-19)34(27(29)31-23)22-9-7-21(8-10-22)33-12-14-38-15-13-33;2-1-3/h6-11,16-18H,12-15H2,1-5H3,(H2,29,31);1H,(H,2,3). The van der Waals surface area contributed by atoms with Gasteiger partial charge in [-0.15, -0.1) is 0 Å². The van der Waals surface area contributed by atoms with Crippen molar-refractivity contribution < 1.29 is 27.8 Å². The van der Waals surface area contributed by atoms with Crippen LogP contribution in [0.1, 0.15) is 20.8 Å². The normalized spacial score (nSPS) is 14.0. The maximum absolute atomic E-state index is 13.5. The molecule has 13 heteroatoms. The van der Waals surface area contributed by atoms with E-state index in [1.54, 1.807) is 19.3 Å². The van der Waals surface area contributed by atoms with Crippen LogP contribution in [-0.2, 0) is 19.6 Å². The lowest BCUT2D eigenvalue weighted by Crippen LogP contribution is -2.42. The summed E-state index contributed by atoms with van der Waals surface area (Å²) in [5, 5.41) is 6.89. The van der Waals surface area contributed by atoms with Crippen LogP contribution in [-0.4, -0.2) is 84.8 Å². The number of carbonyl (C=O) groups is 1. The van der Waals surface area contributed by atoms with Crippen LogP contribution in [0.5, 0.6) is 5.88 Å². The van der Waals surface area contributed by atoms with E-state index in [-0.39, 0.29) is 17.2 Å². The third-order valence-corrected chi connectivity index (χ3v) is 9.21. The van der Waals surface area contributed by atoms with Gasteiger partial charge in [0.05, 0.1) is 31.4 Å². The van der Waals surface area contributed by atoms with Crippen molar-refractivity contribution in [2.75, 3.05) is 51.1 Å². The molecule has 3 N–H and O–H groups in total. The number of anilines is 2. The highest BCUT2D eigenvalue weighted by atomic mass is 32.2. The molecule has 0 spiro atoms. The summed E-state index contributed by atoms with van der Waals surface area (Å²) in [5.74, 6) is 0.412. The number of nitrogens with zero attached hydrogens (tertiary/aromatic N) is 5. The van der Waals surface area contributed by atoms with E-state index in [1.807, 2.05) is 55.7 Å². The largest absolute Gasteiger partial charge is 0.483 e. The number of morpholine rings is 1. The monoisotopic (exact) mass is 596 g/mol. The second-order valence-corrected chi connectivity index (χ2v) is 12.5. The minimum atomic E-state index is -3.88. The molecule has 5 rings (SSSR count). The van der Waals surface area contributed by atoms with Crippen molar-refractivity contribution in [3.63, 3.8) is 0 Å². The fourth-order valence-corrected chi connectivity index (χ4v) is 6.26. The average Bonchev–Trinajstić information content (AvgIpc) is 3.31. The Bertz CT molecular complexity index is 1660. The number of hydrogen-bond donors (Lipinski definition) is 2. The summed E-state index contributed by atoms with van der Waals surface area (Å²) in [5.41, 5.74) is 10.7. The number of nitrogen functional groups attached to an aromatic ring is 1. The molecule has 3 heterocycles. The summed E-state index contributed by atoms with van der Waals surface area (Å²) in [6.45, 7) is 8.42. The highest BCUT2D eigenvalue weighted by Gasteiger charge is 2.33. The molecule has 0 radical (unpaired) electrons. The van der Waals surface area contributed by atoms with Crippen LogP contribution < -0.4 is 15.4 Å². The van der Waals surface area contributed by atoms with E-state index in [4.69, 9.17) is 25.1 Å². The third kappa shape index (κ3) is 6.17. The maximum Gasteiger partial charge on any atom is 0.290 e. The Labute approximate surface area is 245 Å². The average molecular weight is 597 g/mol. The van der Waals surface area contributed by atoms with Crippen LogP contribution >= 0.6 is 0 Å². The molecule has 0 amide bonds. The molecule has 224 valence electrons. The zero-order valence-electron chi connectivity index (χ0n) is 24.3. The lowest BCUT2D eigenvalue weighted by molar-refractivity contribution is -0.122. The number of fused-ring (bicyclic) bond motifs is 1. The van der Waals surface area contributed by atoms with Crippen molar-refractivity contribution in [1.82, 2.24) is 18.8 Å². The number of nitrogens with two attached hydrogens (primary N) is 1. The molecule has 2 aromatic carbocycles. The number of hydrogen-bond acceptors (Lipinski definition) is 9. The Morgan fingerprint density at radius 2 is 1.67 bits per heavy atom. The topological polar surface area (TPSA) is 153 Å². The Kier molecular flexibility index (Phi) is 9.04.